The van der Waals surface area contributed by atoms with Gasteiger partial charge in [-0.05, 0) is 43.4 Å². The molecule has 5 rings (SSSR count). The molecule has 2 unspecified atom stereocenters. The maximum atomic E-state index is 13.2. The molecule has 2 saturated heterocycles. The van der Waals surface area contributed by atoms with Crippen LogP contribution in [0.5, 0.6) is 0 Å². The number of hydrogen-bond donors (Lipinski definition) is 0. The summed E-state index contributed by atoms with van der Waals surface area (Å²) in [6.07, 6.45) is 8.07. The number of carbonyl (C=O) groups excluding carboxylic acids is 1. The first-order valence-corrected chi connectivity index (χ1v) is 9.55. The molecule has 0 radical (unpaired) electrons. The lowest BCUT2D eigenvalue weighted by Gasteiger charge is -2.38. The third-order valence-electron chi connectivity index (χ3n) is 6.13. The fourth-order valence-electron chi connectivity index (χ4n) is 4.86. The van der Waals surface area contributed by atoms with Gasteiger partial charge in [-0.2, -0.15) is 0 Å². The maximum Gasteiger partial charge on any atom is 0.184 e. The summed E-state index contributed by atoms with van der Waals surface area (Å²) < 4.78 is 1.93. The largest absolute Gasteiger partial charge is 0.297 e. The van der Waals surface area contributed by atoms with E-state index in [1.54, 1.807) is 6.20 Å². The van der Waals surface area contributed by atoms with Crippen molar-refractivity contribution in [2.45, 2.75) is 44.3 Å². The zero-order valence-electron chi connectivity index (χ0n) is 14.8. The van der Waals surface area contributed by atoms with Gasteiger partial charge in [0.1, 0.15) is 11.3 Å². The Morgan fingerprint density at radius 1 is 1.00 bits per heavy atom. The van der Waals surface area contributed by atoms with Crippen molar-refractivity contribution in [1.82, 2.24) is 14.3 Å². The highest BCUT2D eigenvalue weighted by Gasteiger charge is 2.43. The van der Waals surface area contributed by atoms with E-state index < -0.39 is 0 Å². The summed E-state index contributed by atoms with van der Waals surface area (Å²) in [4.78, 5) is 20.2. The third kappa shape index (κ3) is 2.65. The normalized spacial score (nSPS) is 25.6. The SMILES string of the molecule is O=C(c1cnc2ccccn12)C1CC2CCC(C1)N2Cc1ccccc1. The van der Waals surface area contributed by atoms with Crippen molar-refractivity contribution in [2.24, 2.45) is 5.92 Å². The van der Waals surface area contributed by atoms with E-state index in [0.717, 1.165) is 30.7 Å². The van der Waals surface area contributed by atoms with Crippen LogP contribution < -0.4 is 0 Å². The minimum Gasteiger partial charge on any atom is -0.297 e. The van der Waals surface area contributed by atoms with Crippen molar-refractivity contribution in [1.29, 1.82) is 0 Å². The monoisotopic (exact) mass is 345 g/mol. The molecule has 2 bridgehead atoms. The van der Waals surface area contributed by atoms with Crippen molar-refractivity contribution in [2.75, 3.05) is 0 Å². The molecule has 4 heteroatoms. The van der Waals surface area contributed by atoms with E-state index in [4.69, 9.17) is 0 Å². The van der Waals surface area contributed by atoms with Gasteiger partial charge in [0.05, 0.1) is 6.20 Å². The summed E-state index contributed by atoms with van der Waals surface area (Å²) in [5.41, 5.74) is 2.96. The predicted octanol–water partition coefficient (Wildman–Crippen LogP) is 3.96. The Balaban J connectivity index is 1.35. The number of aromatic nitrogens is 2. The first-order valence-electron chi connectivity index (χ1n) is 9.55. The molecule has 2 aromatic heterocycles. The Kier molecular flexibility index (Phi) is 3.86. The lowest BCUT2D eigenvalue weighted by molar-refractivity contribution is 0.0673. The van der Waals surface area contributed by atoms with E-state index >= 15 is 0 Å². The number of piperidine rings is 1. The van der Waals surface area contributed by atoms with Crippen LogP contribution in [0.3, 0.4) is 0 Å². The molecule has 2 fully saturated rings. The number of benzene rings is 1. The molecule has 26 heavy (non-hydrogen) atoms. The smallest absolute Gasteiger partial charge is 0.184 e. The van der Waals surface area contributed by atoms with Crippen LogP contribution in [0.1, 0.15) is 41.7 Å². The Hall–Kier alpha value is -2.46. The molecule has 1 aromatic carbocycles. The summed E-state index contributed by atoms with van der Waals surface area (Å²) in [6.45, 7) is 1.01. The molecule has 0 aliphatic carbocycles. The first-order chi connectivity index (χ1) is 12.8. The number of hydrogen-bond acceptors (Lipinski definition) is 3. The van der Waals surface area contributed by atoms with E-state index in [1.807, 2.05) is 28.8 Å². The van der Waals surface area contributed by atoms with Crippen molar-refractivity contribution in [3.05, 3.63) is 72.2 Å². The van der Waals surface area contributed by atoms with Crippen LogP contribution in [0.25, 0.3) is 5.65 Å². The van der Waals surface area contributed by atoms with Crippen molar-refractivity contribution >= 4 is 11.4 Å². The molecule has 0 amide bonds. The van der Waals surface area contributed by atoms with Gasteiger partial charge in [0, 0.05) is 30.7 Å². The summed E-state index contributed by atoms with van der Waals surface area (Å²) >= 11 is 0. The number of nitrogens with zero attached hydrogens (tertiary/aromatic N) is 3. The maximum absolute atomic E-state index is 13.2. The Morgan fingerprint density at radius 2 is 1.73 bits per heavy atom. The number of imidazole rings is 1. The second-order valence-electron chi connectivity index (χ2n) is 7.65. The number of carbonyl (C=O) groups is 1. The van der Waals surface area contributed by atoms with Crippen molar-refractivity contribution in [3.63, 3.8) is 0 Å². The number of pyridine rings is 1. The molecule has 2 aliphatic heterocycles. The highest BCUT2D eigenvalue weighted by molar-refractivity contribution is 5.97. The molecular formula is C22H23N3O. The van der Waals surface area contributed by atoms with E-state index in [2.05, 4.69) is 40.2 Å². The van der Waals surface area contributed by atoms with Gasteiger partial charge in [0.25, 0.3) is 0 Å². The van der Waals surface area contributed by atoms with Gasteiger partial charge in [-0.3, -0.25) is 14.1 Å². The zero-order valence-corrected chi connectivity index (χ0v) is 14.8. The lowest BCUT2D eigenvalue weighted by atomic mass is 9.86. The molecule has 4 heterocycles. The van der Waals surface area contributed by atoms with Crippen molar-refractivity contribution < 1.29 is 4.79 Å². The summed E-state index contributed by atoms with van der Waals surface area (Å²) in [5, 5.41) is 0. The highest BCUT2D eigenvalue weighted by Crippen LogP contribution is 2.40. The number of ketones is 1. The summed E-state index contributed by atoms with van der Waals surface area (Å²) in [6, 6.07) is 17.6. The summed E-state index contributed by atoms with van der Waals surface area (Å²) in [7, 11) is 0. The average molecular weight is 345 g/mol. The molecule has 4 nitrogen and oxygen atoms in total. The second kappa shape index (κ2) is 6.36. The fourth-order valence-corrected chi connectivity index (χ4v) is 4.86. The van der Waals surface area contributed by atoms with Crippen molar-refractivity contribution in [3.8, 4) is 0 Å². The standard InChI is InChI=1S/C22H23N3O/c26-22(20-14-23-21-8-4-5-11-24(20)21)17-12-18-9-10-19(13-17)25(18)15-16-6-2-1-3-7-16/h1-8,11,14,17-19H,9-10,12-13,15H2. The minimum absolute atomic E-state index is 0.125. The van der Waals surface area contributed by atoms with Gasteiger partial charge in [0.2, 0.25) is 0 Å². The number of fused-ring (bicyclic) bond motifs is 3. The quantitative estimate of drug-likeness (QED) is 0.672. The Morgan fingerprint density at radius 3 is 2.50 bits per heavy atom. The Labute approximate surface area is 153 Å². The lowest BCUT2D eigenvalue weighted by Crippen LogP contribution is -2.44. The van der Waals surface area contributed by atoms with Crippen LogP contribution in [0.2, 0.25) is 0 Å². The van der Waals surface area contributed by atoms with Gasteiger partial charge in [-0.1, -0.05) is 36.4 Å². The van der Waals surface area contributed by atoms with Gasteiger partial charge in [0.15, 0.2) is 5.78 Å². The topological polar surface area (TPSA) is 37.6 Å². The van der Waals surface area contributed by atoms with Crippen LogP contribution in [0.15, 0.2) is 60.9 Å². The molecule has 0 spiro atoms. The van der Waals surface area contributed by atoms with E-state index in [9.17, 15) is 4.79 Å². The van der Waals surface area contributed by atoms with Gasteiger partial charge in [-0.25, -0.2) is 4.98 Å². The van der Waals surface area contributed by atoms with Crippen LogP contribution >= 0.6 is 0 Å². The average Bonchev–Trinajstić information content (AvgIpc) is 3.19. The van der Waals surface area contributed by atoms with Crippen LogP contribution in [0, 0.1) is 5.92 Å². The zero-order chi connectivity index (χ0) is 17.5. The van der Waals surface area contributed by atoms with Crippen LogP contribution in [0.4, 0.5) is 0 Å². The van der Waals surface area contributed by atoms with E-state index in [1.165, 1.54) is 18.4 Å². The third-order valence-corrected chi connectivity index (χ3v) is 6.13. The number of Topliss-reactive ketones (excluding diaryl/α,β-unsaturated/α-hetero) is 1. The molecule has 2 atom stereocenters. The predicted molar refractivity (Wildman–Crippen MR) is 101 cm³/mol. The van der Waals surface area contributed by atoms with Gasteiger partial charge >= 0.3 is 0 Å². The molecular weight excluding hydrogens is 322 g/mol. The van der Waals surface area contributed by atoms with E-state index in [0.29, 0.717) is 12.1 Å². The van der Waals surface area contributed by atoms with Crippen LogP contribution in [-0.2, 0) is 6.54 Å². The molecule has 3 aromatic rings. The minimum atomic E-state index is 0.125. The summed E-state index contributed by atoms with van der Waals surface area (Å²) in [5.74, 6) is 0.389. The molecule has 2 aliphatic rings. The highest BCUT2D eigenvalue weighted by atomic mass is 16.1. The van der Waals surface area contributed by atoms with Gasteiger partial charge < -0.3 is 0 Å². The molecule has 0 saturated carbocycles. The Bertz CT molecular complexity index is 919. The number of rotatable bonds is 4. The fraction of sp³-hybridized carbons (Fsp3) is 0.364. The molecule has 132 valence electrons. The molecule has 0 N–H and O–H groups in total. The first kappa shape index (κ1) is 15.8. The van der Waals surface area contributed by atoms with Gasteiger partial charge in [-0.15, -0.1) is 0 Å². The van der Waals surface area contributed by atoms with E-state index in [-0.39, 0.29) is 11.7 Å². The second-order valence-corrected chi connectivity index (χ2v) is 7.65. The van der Waals surface area contributed by atoms with Crippen LogP contribution in [-0.4, -0.2) is 32.2 Å².